The number of amides is 1. The molecule has 2 N–H and O–H groups in total. The number of hydrogen-bond donors (Lipinski definition) is 2. The number of nitrogens with zero attached hydrogens (tertiary/aromatic N) is 2. The van der Waals surface area contributed by atoms with E-state index in [0.29, 0.717) is 0 Å². The number of alkyl halides is 3. The first-order chi connectivity index (χ1) is 17.4. The van der Waals surface area contributed by atoms with Crippen LogP contribution in [0.15, 0.2) is 42.5 Å². The van der Waals surface area contributed by atoms with Crippen molar-refractivity contribution in [3.05, 3.63) is 64.7 Å². The molecule has 194 valence electrons. The zero-order chi connectivity index (χ0) is 25.1. The van der Waals surface area contributed by atoms with E-state index in [0.717, 1.165) is 63.1 Å². The van der Waals surface area contributed by atoms with Crippen molar-refractivity contribution in [1.82, 2.24) is 15.1 Å². The zero-order valence-corrected chi connectivity index (χ0v) is 20.6. The van der Waals surface area contributed by atoms with Crippen molar-refractivity contribution < 1.29 is 18.0 Å². The first-order valence-corrected chi connectivity index (χ1v) is 13.1. The summed E-state index contributed by atoms with van der Waals surface area (Å²) in [5.41, 5.74) is 3.00. The van der Waals surface area contributed by atoms with Gasteiger partial charge in [0.1, 0.15) is 0 Å². The van der Waals surface area contributed by atoms with E-state index in [9.17, 15) is 18.0 Å². The van der Waals surface area contributed by atoms with Crippen molar-refractivity contribution in [1.29, 1.82) is 0 Å². The molecule has 1 aliphatic carbocycles. The maximum absolute atomic E-state index is 13.6. The van der Waals surface area contributed by atoms with Gasteiger partial charge in [-0.2, -0.15) is 13.2 Å². The lowest BCUT2D eigenvalue weighted by atomic mass is 9.97. The third kappa shape index (κ3) is 6.03. The predicted molar refractivity (Wildman–Crippen MR) is 135 cm³/mol. The first-order valence-electron chi connectivity index (χ1n) is 13.1. The second-order valence-corrected chi connectivity index (χ2v) is 10.4. The van der Waals surface area contributed by atoms with Crippen molar-refractivity contribution in [3.8, 4) is 0 Å². The molecule has 5 rings (SSSR count). The van der Waals surface area contributed by atoms with E-state index in [1.54, 1.807) is 11.0 Å². The van der Waals surface area contributed by atoms with Gasteiger partial charge in [-0.05, 0) is 79.9 Å². The smallest absolute Gasteiger partial charge is 0.376 e. The van der Waals surface area contributed by atoms with E-state index >= 15 is 0 Å². The minimum atomic E-state index is -4.45. The summed E-state index contributed by atoms with van der Waals surface area (Å²) in [7, 11) is 0. The molecule has 1 saturated heterocycles. The normalized spacial score (nSPS) is 19.1. The van der Waals surface area contributed by atoms with Crippen LogP contribution in [0.2, 0.25) is 0 Å². The molecule has 8 heteroatoms. The highest BCUT2D eigenvalue weighted by molar-refractivity contribution is 5.81. The molecule has 2 aromatic carbocycles. The number of anilines is 1. The van der Waals surface area contributed by atoms with E-state index in [2.05, 4.69) is 21.6 Å². The summed E-state index contributed by atoms with van der Waals surface area (Å²) >= 11 is 0. The Hall–Kier alpha value is -2.58. The Morgan fingerprint density at radius 1 is 1.06 bits per heavy atom. The highest BCUT2D eigenvalue weighted by Gasteiger charge is 2.35. The Kier molecular flexibility index (Phi) is 7.53. The molecule has 0 atom stereocenters. The number of carbonyl (C=O) groups excluding carboxylic acids is 1. The van der Waals surface area contributed by atoms with E-state index in [1.807, 2.05) is 12.1 Å². The van der Waals surface area contributed by atoms with Crippen LogP contribution < -0.4 is 10.6 Å². The van der Waals surface area contributed by atoms with E-state index < -0.39 is 11.7 Å². The number of nitrogens with one attached hydrogen (secondary N) is 2. The van der Waals surface area contributed by atoms with Crippen LogP contribution in [0.3, 0.4) is 0 Å². The zero-order valence-electron chi connectivity index (χ0n) is 20.6. The quantitative estimate of drug-likeness (QED) is 0.553. The monoisotopic (exact) mass is 500 g/mol. The second kappa shape index (κ2) is 10.8. The number of halogens is 3. The van der Waals surface area contributed by atoms with Crippen molar-refractivity contribution in [2.24, 2.45) is 5.92 Å². The molecule has 0 aromatic heterocycles. The summed E-state index contributed by atoms with van der Waals surface area (Å²) < 4.78 is 40.9. The molecule has 1 amide bonds. The van der Waals surface area contributed by atoms with E-state index in [-0.39, 0.29) is 30.6 Å². The van der Waals surface area contributed by atoms with Gasteiger partial charge in [-0.3, -0.25) is 9.69 Å². The summed E-state index contributed by atoms with van der Waals surface area (Å²) in [5, 5.41) is 6.62. The first kappa shape index (κ1) is 25.1. The number of piperidine rings is 1. The van der Waals surface area contributed by atoms with Crippen molar-refractivity contribution in [2.75, 3.05) is 38.0 Å². The minimum absolute atomic E-state index is 0.0378. The van der Waals surface area contributed by atoms with E-state index in [4.69, 9.17) is 0 Å². The lowest BCUT2D eigenvalue weighted by Gasteiger charge is -2.36. The predicted octanol–water partition coefficient (Wildman–Crippen LogP) is 4.67. The van der Waals surface area contributed by atoms with Gasteiger partial charge in [0.25, 0.3) is 0 Å². The van der Waals surface area contributed by atoms with Crippen LogP contribution in [-0.2, 0) is 30.5 Å². The summed E-state index contributed by atoms with van der Waals surface area (Å²) in [6.07, 6.45) is 0.641. The molecule has 0 unspecified atom stereocenters. The summed E-state index contributed by atoms with van der Waals surface area (Å²) in [5.74, 6) is 0.691. The molecule has 3 aliphatic rings. The third-order valence-electron chi connectivity index (χ3n) is 7.72. The van der Waals surface area contributed by atoms with Gasteiger partial charge >= 0.3 is 6.18 Å². The fourth-order valence-corrected chi connectivity index (χ4v) is 5.58. The van der Waals surface area contributed by atoms with Gasteiger partial charge in [0, 0.05) is 37.9 Å². The minimum Gasteiger partial charge on any atom is -0.376 e. The average molecular weight is 501 g/mol. The fraction of sp³-hybridized carbons (Fsp3) is 0.536. The summed E-state index contributed by atoms with van der Waals surface area (Å²) in [4.78, 5) is 17.7. The maximum atomic E-state index is 13.6. The lowest BCUT2D eigenvalue weighted by Crippen LogP contribution is -2.47. The van der Waals surface area contributed by atoms with Crippen LogP contribution >= 0.6 is 0 Å². The van der Waals surface area contributed by atoms with Gasteiger partial charge in [-0.15, -0.1) is 0 Å². The van der Waals surface area contributed by atoms with Crippen LogP contribution in [0, 0.1) is 5.92 Å². The van der Waals surface area contributed by atoms with Crippen molar-refractivity contribution in [2.45, 2.75) is 57.4 Å². The molecule has 36 heavy (non-hydrogen) atoms. The molecule has 2 heterocycles. The number of carbonyl (C=O) groups is 1. The Balaban J connectivity index is 1.30. The van der Waals surface area contributed by atoms with Gasteiger partial charge < -0.3 is 15.5 Å². The van der Waals surface area contributed by atoms with Gasteiger partial charge in [0.05, 0.1) is 12.1 Å². The number of hydrogen-bond acceptors (Lipinski definition) is 4. The lowest BCUT2D eigenvalue weighted by molar-refractivity contribution is -0.140. The topological polar surface area (TPSA) is 47.6 Å². The van der Waals surface area contributed by atoms with Crippen LogP contribution in [0.4, 0.5) is 18.9 Å². The number of benzene rings is 2. The molecule has 0 radical (unpaired) electrons. The number of fused-ring (bicyclic) bond motifs is 1. The third-order valence-corrected chi connectivity index (χ3v) is 7.72. The van der Waals surface area contributed by atoms with Crippen LogP contribution in [-0.4, -0.2) is 54.5 Å². The highest BCUT2D eigenvalue weighted by Crippen LogP contribution is 2.34. The Morgan fingerprint density at radius 3 is 2.58 bits per heavy atom. The van der Waals surface area contributed by atoms with Gasteiger partial charge in [0.2, 0.25) is 5.91 Å². The van der Waals surface area contributed by atoms with Gasteiger partial charge in [0.15, 0.2) is 0 Å². The Morgan fingerprint density at radius 2 is 1.83 bits per heavy atom. The summed E-state index contributed by atoms with van der Waals surface area (Å²) in [6.45, 7) is 4.67. The number of rotatable bonds is 8. The Labute approximate surface area is 211 Å². The Bertz CT molecular complexity index is 1060. The van der Waals surface area contributed by atoms with Crippen molar-refractivity contribution in [3.63, 3.8) is 0 Å². The molecule has 1 saturated carbocycles. The average Bonchev–Trinajstić information content (AvgIpc) is 3.70. The van der Waals surface area contributed by atoms with Crippen molar-refractivity contribution >= 4 is 11.6 Å². The molecule has 0 spiro atoms. The van der Waals surface area contributed by atoms with Crippen LogP contribution in [0.1, 0.15) is 47.9 Å². The molecule has 5 nitrogen and oxygen atoms in total. The highest BCUT2D eigenvalue weighted by atomic mass is 19.4. The molecule has 2 aromatic rings. The molecule has 2 aliphatic heterocycles. The van der Waals surface area contributed by atoms with Gasteiger partial charge in [-0.1, -0.05) is 30.3 Å². The van der Waals surface area contributed by atoms with Crippen LogP contribution in [0.25, 0.3) is 0 Å². The summed E-state index contributed by atoms with van der Waals surface area (Å²) in [6, 6.07) is 11.7. The fourth-order valence-electron chi connectivity index (χ4n) is 5.58. The van der Waals surface area contributed by atoms with Crippen LogP contribution in [0.5, 0.6) is 0 Å². The maximum Gasteiger partial charge on any atom is 0.416 e. The second-order valence-electron chi connectivity index (χ2n) is 10.4. The standard InChI is InChI=1S/C28H35F3N4O/c29-28(30,31)25-6-2-1-4-22(25)19-35(23-10-13-32-14-11-23)27(36)16-33-26-7-3-5-21-18-34(15-12-24(21)26)17-20-8-9-20/h1-7,20,23,32-33H,8-19H2. The van der Waals surface area contributed by atoms with Gasteiger partial charge in [-0.25, -0.2) is 0 Å². The largest absolute Gasteiger partial charge is 0.416 e. The molecular weight excluding hydrogens is 465 g/mol. The molecule has 2 fully saturated rings. The molecule has 0 bridgehead atoms. The van der Waals surface area contributed by atoms with E-state index in [1.165, 1.54) is 42.6 Å². The molecular formula is C28H35F3N4O. The SMILES string of the molecule is O=C(CNc1cccc2c1CCN(CC1CC1)C2)N(Cc1ccccc1C(F)(F)F)C1CCNCC1.